The first-order chi connectivity index (χ1) is 8.26. The maximum atomic E-state index is 13.5. The molecule has 0 heterocycles. The Balaban J connectivity index is 3.15. The van der Waals surface area contributed by atoms with E-state index in [2.05, 4.69) is 5.32 Å². The Hall–Kier alpha value is -0.960. The minimum atomic E-state index is -0.557. The number of nitro benzene ring substituents is 1. The van der Waals surface area contributed by atoms with Crippen LogP contribution in [-0.2, 0) is 0 Å². The monoisotopic (exact) mass is 368 g/mol. The third-order valence-corrected chi connectivity index (χ3v) is 3.27. The summed E-state index contributed by atoms with van der Waals surface area (Å²) in [6.07, 6.45) is 0.401. The number of anilines is 1. The Morgan fingerprint density at radius 1 is 1.56 bits per heavy atom. The predicted molar refractivity (Wildman–Crippen MR) is 75.2 cm³/mol. The topological polar surface area (TPSA) is 75.4 Å². The summed E-state index contributed by atoms with van der Waals surface area (Å²) in [6.45, 7) is 3.51. The molecule has 0 aliphatic carbocycles. The van der Waals surface area contributed by atoms with Crippen molar-refractivity contribution in [3.05, 3.63) is 31.6 Å². The van der Waals surface area contributed by atoms with E-state index in [1.165, 1.54) is 6.07 Å². The van der Waals surface area contributed by atoms with Gasteiger partial charge in [0.15, 0.2) is 0 Å². The van der Waals surface area contributed by atoms with Crippen molar-refractivity contribution in [2.45, 2.75) is 25.8 Å². The summed E-state index contributed by atoms with van der Waals surface area (Å²) in [5.74, 6) is -0.511. The van der Waals surface area contributed by atoms with Crippen molar-refractivity contribution in [3.63, 3.8) is 0 Å². The highest BCUT2D eigenvalue weighted by molar-refractivity contribution is 14.1. The normalized spacial score (nSPS) is 11.4. The fourth-order valence-corrected chi connectivity index (χ4v) is 1.94. The first-order valence-electron chi connectivity index (χ1n) is 5.29. The van der Waals surface area contributed by atoms with E-state index in [9.17, 15) is 14.5 Å². The molecule has 0 unspecified atom stereocenters. The van der Waals surface area contributed by atoms with Gasteiger partial charge in [-0.05, 0) is 42.9 Å². The summed E-state index contributed by atoms with van der Waals surface area (Å²) in [4.78, 5) is 10.4. The minimum absolute atomic E-state index is 0.0549. The lowest BCUT2D eigenvalue weighted by Crippen LogP contribution is -2.32. The lowest BCUT2D eigenvalue weighted by atomic mass is 10.0. The molecular formula is C11H14FIN2O3. The Kier molecular flexibility index (Phi) is 4.85. The Bertz CT molecular complexity index is 466. The number of aliphatic hydroxyl groups excluding tert-OH is 1. The van der Waals surface area contributed by atoms with Crippen LogP contribution in [0.1, 0.15) is 20.3 Å². The van der Waals surface area contributed by atoms with Gasteiger partial charge in [-0.15, -0.1) is 0 Å². The van der Waals surface area contributed by atoms with E-state index in [4.69, 9.17) is 5.11 Å². The van der Waals surface area contributed by atoms with Crippen LogP contribution in [0.15, 0.2) is 12.1 Å². The zero-order valence-corrected chi connectivity index (χ0v) is 12.2. The van der Waals surface area contributed by atoms with Crippen LogP contribution < -0.4 is 5.32 Å². The Morgan fingerprint density at radius 2 is 2.17 bits per heavy atom. The molecule has 0 spiro atoms. The molecule has 0 aromatic heterocycles. The van der Waals surface area contributed by atoms with Gasteiger partial charge in [-0.1, -0.05) is 0 Å². The second-order valence-electron chi connectivity index (χ2n) is 4.52. The van der Waals surface area contributed by atoms with Gasteiger partial charge in [0.05, 0.1) is 8.49 Å². The van der Waals surface area contributed by atoms with E-state index in [-0.39, 0.29) is 21.6 Å². The molecular weight excluding hydrogens is 354 g/mol. The number of aliphatic hydroxyl groups is 1. The fraction of sp³-hybridized carbons (Fsp3) is 0.455. The largest absolute Gasteiger partial charge is 0.396 e. The van der Waals surface area contributed by atoms with Crippen molar-refractivity contribution in [1.29, 1.82) is 0 Å². The lowest BCUT2D eigenvalue weighted by molar-refractivity contribution is -0.384. The summed E-state index contributed by atoms with van der Waals surface area (Å²) in [5.41, 5.74) is -0.609. The van der Waals surface area contributed by atoms with Crippen molar-refractivity contribution in [3.8, 4) is 0 Å². The molecule has 0 bridgehead atoms. The number of halogens is 2. The van der Waals surface area contributed by atoms with Crippen molar-refractivity contribution in [1.82, 2.24) is 0 Å². The number of benzene rings is 1. The van der Waals surface area contributed by atoms with E-state index in [0.29, 0.717) is 6.42 Å². The van der Waals surface area contributed by atoms with E-state index in [1.54, 1.807) is 36.4 Å². The molecule has 5 nitrogen and oxygen atoms in total. The summed E-state index contributed by atoms with van der Waals surface area (Å²) < 4.78 is 13.7. The van der Waals surface area contributed by atoms with Crippen LogP contribution in [0.5, 0.6) is 0 Å². The summed E-state index contributed by atoms with van der Waals surface area (Å²) in [5, 5.41) is 22.7. The quantitative estimate of drug-likeness (QED) is 0.476. The summed E-state index contributed by atoms with van der Waals surface area (Å²) in [6, 6.07) is 2.30. The maximum absolute atomic E-state index is 13.5. The smallest absolute Gasteiger partial charge is 0.293 e. The minimum Gasteiger partial charge on any atom is -0.396 e. The number of nitrogens with one attached hydrogen (secondary N) is 1. The van der Waals surface area contributed by atoms with Gasteiger partial charge in [-0.25, -0.2) is 4.39 Å². The van der Waals surface area contributed by atoms with Crippen LogP contribution in [0, 0.1) is 19.5 Å². The van der Waals surface area contributed by atoms with Crippen LogP contribution in [0.2, 0.25) is 0 Å². The van der Waals surface area contributed by atoms with Crippen LogP contribution >= 0.6 is 22.6 Å². The highest BCUT2D eigenvalue weighted by atomic mass is 127. The van der Waals surface area contributed by atoms with Crippen molar-refractivity contribution in [2.24, 2.45) is 0 Å². The zero-order valence-electron chi connectivity index (χ0n) is 10.0. The van der Waals surface area contributed by atoms with Crippen LogP contribution in [0.4, 0.5) is 15.8 Å². The Labute approximate surface area is 118 Å². The molecule has 18 heavy (non-hydrogen) atoms. The Morgan fingerprint density at radius 3 is 2.67 bits per heavy atom. The second kappa shape index (κ2) is 5.79. The molecule has 100 valence electrons. The van der Waals surface area contributed by atoms with Crippen LogP contribution in [-0.4, -0.2) is 22.2 Å². The fourth-order valence-electron chi connectivity index (χ4n) is 1.49. The van der Waals surface area contributed by atoms with Crippen LogP contribution in [0.25, 0.3) is 0 Å². The van der Waals surface area contributed by atoms with Crippen molar-refractivity contribution >= 4 is 34.0 Å². The van der Waals surface area contributed by atoms with E-state index < -0.39 is 16.3 Å². The summed E-state index contributed by atoms with van der Waals surface area (Å²) in [7, 11) is 0. The first kappa shape index (κ1) is 15.1. The first-order valence-corrected chi connectivity index (χ1v) is 6.37. The van der Waals surface area contributed by atoms with Gasteiger partial charge in [0, 0.05) is 24.3 Å². The highest BCUT2D eigenvalue weighted by Crippen LogP contribution is 2.31. The predicted octanol–water partition coefficient (Wildman–Crippen LogP) is 2.91. The van der Waals surface area contributed by atoms with Crippen molar-refractivity contribution in [2.75, 3.05) is 11.9 Å². The van der Waals surface area contributed by atoms with E-state index >= 15 is 0 Å². The number of nitrogens with zero attached hydrogens (tertiary/aromatic N) is 1. The molecule has 1 rings (SSSR count). The molecule has 0 atom stereocenters. The molecule has 2 N–H and O–H groups in total. The van der Waals surface area contributed by atoms with Gasteiger partial charge in [0.25, 0.3) is 5.69 Å². The molecule has 0 aliphatic rings. The maximum Gasteiger partial charge on any atom is 0.293 e. The molecule has 1 aromatic carbocycles. The van der Waals surface area contributed by atoms with E-state index in [0.717, 1.165) is 6.07 Å². The zero-order chi connectivity index (χ0) is 13.9. The van der Waals surface area contributed by atoms with Gasteiger partial charge in [0.2, 0.25) is 0 Å². The lowest BCUT2D eigenvalue weighted by Gasteiger charge is -2.26. The molecule has 0 saturated carbocycles. The van der Waals surface area contributed by atoms with E-state index in [1.807, 2.05) is 0 Å². The number of hydrogen-bond acceptors (Lipinski definition) is 4. The van der Waals surface area contributed by atoms with Crippen molar-refractivity contribution < 1.29 is 14.4 Å². The van der Waals surface area contributed by atoms with Gasteiger partial charge >= 0.3 is 0 Å². The molecule has 0 amide bonds. The summed E-state index contributed by atoms with van der Waals surface area (Å²) >= 11 is 1.71. The molecule has 1 aromatic rings. The SMILES string of the molecule is CC(C)(CCO)Nc1cc(F)c(I)cc1[N+](=O)[O-]. The van der Waals surface area contributed by atoms with Gasteiger partial charge in [0.1, 0.15) is 11.5 Å². The molecule has 0 fully saturated rings. The van der Waals surface area contributed by atoms with Crippen LogP contribution in [0.3, 0.4) is 0 Å². The molecule has 0 aliphatic heterocycles. The average Bonchev–Trinajstić information content (AvgIpc) is 2.22. The molecule has 0 saturated heterocycles. The number of rotatable bonds is 5. The number of nitro groups is 1. The third kappa shape index (κ3) is 3.77. The molecule has 7 heteroatoms. The van der Waals surface area contributed by atoms with Gasteiger partial charge in [-0.3, -0.25) is 10.1 Å². The third-order valence-electron chi connectivity index (χ3n) is 2.45. The average molecular weight is 368 g/mol. The molecule has 0 radical (unpaired) electrons. The van der Waals surface area contributed by atoms with Gasteiger partial charge in [-0.2, -0.15) is 0 Å². The number of hydrogen-bond donors (Lipinski definition) is 2. The van der Waals surface area contributed by atoms with Gasteiger partial charge < -0.3 is 10.4 Å². The highest BCUT2D eigenvalue weighted by Gasteiger charge is 2.23. The standard InChI is InChI=1S/C11H14FIN2O3/c1-11(2,3-4-16)14-9-5-7(12)8(13)6-10(9)15(17)18/h5-6,14,16H,3-4H2,1-2H3. The second-order valence-corrected chi connectivity index (χ2v) is 5.69.